The molecule has 0 rings (SSSR count). The third-order valence-corrected chi connectivity index (χ3v) is 1.33. The molecule has 0 fully saturated rings. The van der Waals surface area contributed by atoms with Gasteiger partial charge in [-0.1, -0.05) is 0 Å². The summed E-state index contributed by atoms with van der Waals surface area (Å²) in [6.07, 6.45) is -5.88. The molecular formula is C6H12Na3O9P. The number of carbonyl (C=O) groups is 1. The van der Waals surface area contributed by atoms with Crippen LogP contribution < -0.4 is 103 Å². The van der Waals surface area contributed by atoms with Crippen molar-refractivity contribution in [3.05, 3.63) is 0 Å². The van der Waals surface area contributed by atoms with Crippen LogP contribution >= 0.6 is 7.82 Å². The first-order valence-corrected chi connectivity index (χ1v) is 5.37. The molecule has 0 aliphatic rings. The minimum atomic E-state index is -5.39. The third kappa shape index (κ3) is 25.9. The fourth-order valence-corrected chi connectivity index (χ4v) is 0.568. The number of rotatable bonds is 4. The Labute approximate surface area is 176 Å². The van der Waals surface area contributed by atoms with Crippen LogP contribution in [0.4, 0.5) is 0 Å². The van der Waals surface area contributed by atoms with E-state index in [9.17, 15) is 4.79 Å². The van der Waals surface area contributed by atoms with E-state index in [-0.39, 0.29) is 95.0 Å². The second-order valence-corrected chi connectivity index (χ2v) is 3.69. The molecular weight excluding hydrogens is 316 g/mol. The molecule has 0 aliphatic carbocycles. The van der Waals surface area contributed by atoms with E-state index in [0.29, 0.717) is 0 Å². The van der Waals surface area contributed by atoms with Crippen LogP contribution in [0.15, 0.2) is 0 Å². The zero-order chi connectivity index (χ0) is 13.5. The van der Waals surface area contributed by atoms with Crippen LogP contribution in [0.1, 0.15) is 6.92 Å². The maximum Gasteiger partial charge on any atom is 1.00 e. The van der Waals surface area contributed by atoms with Crippen molar-refractivity contribution in [2.75, 3.05) is 0 Å². The maximum absolute atomic E-state index is 9.87. The standard InChI is InChI=1S/C6H12O5.3Na.H3O4P/c1-3(8)5(10)6(11)4(9)2-7;;;;1-5(2,3)4/h2-6,8-11H,1H3;;;;(H3,1,2,3,4)/q;3*+1;/p-3. The topological polar surface area (TPSA) is 184 Å². The van der Waals surface area contributed by atoms with Crippen LogP contribution in [0, 0.1) is 0 Å². The van der Waals surface area contributed by atoms with Gasteiger partial charge in [0.2, 0.25) is 0 Å². The van der Waals surface area contributed by atoms with Crippen molar-refractivity contribution in [2.24, 2.45) is 0 Å². The van der Waals surface area contributed by atoms with Gasteiger partial charge < -0.3 is 44.5 Å². The molecule has 98 valence electrons. The molecule has 19 heavy (non-hydrogen) atoms. The summed E-state index contributed by atoms with van der Waals surface area (Å²) < 4.78 is 8.55. The Morgan fingerprint density at radius 3 is 1.37 bits per heavy atom. The van der Waals surface area contributed by atoms with E-state index in [1.165, 1.54) is 6.92 Å². The predicted octanol–water partition coefficient (Wildman–Crippen LogP) is -14.2. The van der Waals surface area contributed by atoms with Crippen LogP contribution in [0.3, 0.4) is 0 Å². The summed E-state index contributed by atoms with van der Waals surface area (Å²) in [5.41, 5.74) is 0. The summed E-state index contributed by atoms with van der Waals surface area (Å²) in [5, 5.41) is 35.1. The number of aldehydes is 1. The Balaban J connectivity index is -0.0000000717. The predicted molar refractivity (Wildman–Crippen MR) is 43.4 cm³/mol. The fourth-order valence-electron chi connectivity index (χ4n) is 0.568. The second kappa shape index (κ2) is 17.0. The number of hydrogen-bond donors (Lipinski definition) is 4. The Morgan fingerprint density at radius 1 is 0.947 bits per heavy atom. The average Bonchev–Trinajstić information content (AvgIpc) is 2.11. The summed E-state index contributed by atoms with van der Waals surface area (Å²) in [4.78, 5) is 35.5. The van der Waals surface area contributed by atoms with Crippen LogP contribution in [-0.4, -0.2) is 51.1 Å². The molecule has 13 heteroatoms. The Kier molecular flexibility index (Phi) is 29.7. The summed E-state index contributed by atoms with van der Waals surface area (Å²) >= 11 is 0. The van der Waals surface area contributed by atoms with Gasteiger partial charge in [0.25, 0.3) is 0 Å². The zero-order valence-electron chi connectivity index (χ0n) is 11.2. The van der Waals surface area contributed by atoms with E-state index in [4.69, 9.17) is 39.7 Å². The monoisotopic (exact) mass is 328 g/mol. The molecule has 0 aromatic carbocycles. The SMILES string of the molecule is CC(O)C(O)C(O)C(O)C=O.O=P([O-])([O-])[O-].[Na+].[Na+].[Na+]. The average molecular weight is 328 g/mol. The number of phosphoric acid groups is 1. The molecule has 0 bridgehead atoms. The first-order valence-electron chi connectivity index (χ1n) is 3.91. The molecule has 0 saturated carbocycles. The molecule has 4 atom stereocenters. The Morgan fingerprint density at radius 2 is 1.21 bits per heavy atom. The molecule has 4 N–H and O–H groups in total. The first-order chi connectivity index (χ1) is 7.00. The molecule has 4 unspecified atom stereocenters. The normalized spacial score (nSPS) is 15.8. The van der Waals surface area contributed by atoms with E-state index in [1.807, 2.05) is 0 Å². The number of aliphatic hydroxyl groups excluding tert-OH is 4. The molecule has 0 amide bonds. The summed E-state index contributed by atoms with van der Waals surface area (Å²) in [5.74, 6) is 0. The molecule has 0 heterocycles. The van der Waals surface area contributed by atoms with Gasteiger partial charge in [0.1, 0.15) is 18.3 Å². The van der Waals surface area contributed by atoms with Gasteiger partial charge in [0.05, 0.1) is 6.10 Å². The number of carbonyl (C=O) groups excluding carboxylic acids is 1. The van der Waals surface area contributed by atoms with E-state index in [2.05, 4.69) is 0 Å². The van der Waals surface area contributed by atoms with E-state index >= 15 is 0 Å². The van der Waals surface area contributed by atoms with Gasteiger partial charge >= 0.3 is 88.7 Å². The van der Waals surface area contributed by atoms with Crippen LogP contribution in [0.25, 0.3) is 0 Å². The van der Waals surface area contributed by atoms with Crippen molar-refractivity contribution < 1.29 is 133 Å². The van der Waals surface area contributed by atoms with Crippen LogP contribution in [0.2, 0.25) is 0 Å². The molecule has 9 nitrogen and oxygen atoms in total. The molecule has 0 aromatic rings. The minimum absolute atomic E-state index is 0. The Hall–Kier alpha value is 2.62. The first kappa shape index (κ1) is 33.3. The quantitative estimate of drug-likeness (QED) is 0.221. The fraction of sp³-hybridized carbons (Fsp3) is 0.833. The van der Waals surface area contributed by atoms with Crippen molar-refractivity contribution in [3.8, 4) is 0 Å². The largest absolute Gasteiger partial charge is 1.00 e. The second-order valence-electron chi connectivity index (χ2n) is 2.80. The summed E-state index contributed by atoms with van der Waals surface area (Å²) in [6.45, 7) is 1.24. The van der Waals surface area contributed by atoms with Crippen LogP contribution in [-0.2, 0) is 9.36 Å². The van der Waals surface area contributed by atoms with Crippen molar-refractivity contribution in [1.82, 2.24) is 0 Å². The molecule has 0 spiro atoms. The van der Waals surface area contributed by atoms with E-state index in [0.717, 1.165) is 0 Å². The molecule has 0 aromatic heterocycles. The maximum atomic E-state index is 9.87. The minimum Gasteiger partial charge on any atom is -0.822 e. The summed E-state index contributed by atoms with van der Waals surface area (Å²) in [7, 11) is -5.39. The van der Waals surface area contributed by atoms with Crippen molar-refractivity contribution in [2.45, 2.75) is 31.3 Å². The molecule has 0 saturated heterocycles. The van der Waals surface area contributed by atoms with Gasteiger partial charge in [-0.15, -0.1) is 0 Å². The number of aliphatic hydroxyl groups is 4. The van der Waals surface area contributed by atoms with Crippen molar-refractivity contribution in [1.29, 1.82) is 0 Å². The molecule has 0 radical (unpaired) electrons. The summed E-state index contributed by atoms with van der Waals surface area (Å²) in [6, 6.07) is 0. The van der Waals surface area contributed by atoms with E-state index < -0.39 is 32.2 Å². The van der Waals surface area contributed by atoms with Crippen molar-refractivity contribution >= 4 is 14.1 Å². The Bertz CT molecular complexity index is 240. The van der Waals surface area contributed by atoms with Gasteiger partial charge in [-0.3, -0.25) is 0 Å². The number of hydrogen-bond acceptors (Lipinski definition) is 9. The molecule has 0 aliphatic heterocycles. The van der Waals surface area contributed by atoms with E-state index in [1.54, 1.807) is 0 Å². The van der Waals surface area contributed by atoms with Crippen molar-refractivity contribution in [3.63, 3.8) is 0 Å². The van der Waals surface area contributed by atoms with Gasteiger partial charge in [0, 0.05) is 0 Å². The van der Waals surface area contributed by atoms with Gasteiger partial charge in [-0.05, 0) is 6.92 Å². The van der Waals surface area contributed by atoms with Gasteiger partial charge in [-0.2, -0.15) is 7.82 Å². The third-order valence-electron chi connectivity index (χ3n) is 1.33. The van der Waals surface area contributed by atoms with Crippen LogP contribution in [0.5, 0.6) is 0 Å². The zero-order valence-corrected chi connectivity index (χ0v) is 18.1. The van der Waals surface area contributed by atoms with Gasteiger partial charge in [-0.25, -0.2) is 0 Å². The smallest absolute Gasteiger partial charge is 0.822 e. The van der Waals surface area contributed by atoms with Gasteiger partial charge in [0.15, 0.2) is 6.29 Å².